The van der Waals surface area contributed by atoms with E-state index in [-0.39, 0.29) is 36.3 Å². The quantitative estimate of drug-likeness (QED) is 0.285. The number of benzene rings is 2. The molecule has 2 aliphatic rings. The highest BCUT2D eigenvalue weighted by Crippen LogP contribution is 2.31. The van der Waals surface area contributed by atoms with Gasteiger partial charge in [-0.15, -0.1) is 12.4 Å². The molecule has 2 aromatic carbocycles. The van der Waals surface area contributed by atoms with Crippen LogP contribution < -0.4 is 14.8 Å². The molecule has 0 aromatic heterocycles. The van der Waals surface area contributed by atoms with Crippen LogP contribution >= 0.6 is 12.4 Å². The number of amides is 2. The Morgan fingerprint density at radius 3 is 2.31 bits per heavy atom. The second-order valence-corrected chi connectivity index (χ2v) is 11.5. The molecule has 1 aliphatic heterocycles. The predicted octanol–water partition coefficient (Wildman–Crippen LogP) is 5.13. The van der Waals surface area contributed by atoms with Crippen molar-refractivity contribution >= 4 is 24.2 Å². The SMILES string of the molecule is COCCCOc1cc(C(=O)N(C(C)C)[C@@H]2CC[C@H](CCN(C(=O)Cc3ccccc3)C3CC3)NC2)ccc1OC.Cl. The van der Waals surface area contributed by atoms with Crippen LogP contribution in [-0.2, 0) is 16.0 Å². The van der Waals surface area contributed by atoms with Gasteiger partial charge in [0.15, 0.2) is 11.5 Å². The molecule has 1 saturated carbocycles. The van der Waals surface area contributed by atoms with Gasteiger partial charge in [-0.2, -0.15) is 0 Å². The normalized spacial score (nSPS) is 18.2. The molecule has 1 N–H and O–H groups in total. The summed E-state index contributed by atoms with van der Waals surface area (Å²) in [5, 5.41) is 3.70. The van der Waals surface area contributed by atoms with Crippen molar-refractivity contribution in [1.29, 1.82) is 0 Å². The van der Waals surface area contributed by atoms with E-state index in [4.69, 9.17) is 14.2 Å². The lowest BCUT2D eigenvalue weighted by molar-refractivity contribution is -0.131. The molecule has 2 aromatic rings. The van der Waals surface area contributed by atoms with Gasteiger partial charge in [0, 0.05) is 63.0 Å². The first-order valence-corrected chi connectivity index (χ1v) is 15.1. The predicted molar refractivity (Wildman–Crippen MR) is 168 cm³/mol. The highest BCUT2D eigenvalue weighted by Gasteiger charge is 2.34. The van der Waals surface area contributed by atoms with Crippen LogP contribution in [0.4, 0.5) is 0 Å². The van der Waals surface area contributed by atoms with E-state index in [1.165, 1.54) is 0 Å². The molecule has 0 radical (unpaired) electrons. The third-order valence-corrected chi connectivity index (χ3v) is 8.06. The van der Waals surface area contributed by atoms with Crippen molar-refractivity contribution in [3.05, 3.63) is 59.7 Å². The molecule has 0 spiro atoms. The Morgan fingerprint density at radius 1 is 0.952 bits per heavy atom. The van der Waals surface area contributed by atoms with E-state index in [0.717, 1.165) is 57.2 Å². The number of nitrogens with one attached hydrogen (secondary N) is 1. The Labute approximate surface area is 257 Å². The number of carbonyl (C=O) groups excluding carboxylic acids is 2. The molecule has 1 heterocycles. The number of halogens is 1. The summed E-state index contributed by atoms with van der Waals surface area (Å²) in [7, 11) is 3.27. The maximum absolute atomic E-state index is 13.8. The number of hydrogen-bond acceptors (Lipinski definition) is 6. The molecular weight excluding hydrogens is 554 g/mol. The van der Waals surface area contributed by atoms with Crippen LogP contribution in [0.2, 0.25) is 0 Å². The maximum atomic E-state index is 13.8. The third kappa shape index (κ3) is 9.35. The molecule has 1 saturated heterocycles. The summed E-state index contributed by atoms with van der Waals surface area (Å²) in [6.07, 6.45) is 6.28. The van der Waals surface area contributed by atoms with E-state index in [2.05, 4.69) is 24.1 Å². The van der Waals surface area contributed by atoms with Gasteiger partial charge in [-0.25, -0.2) is 0 Å². The first-order chi connectivity index (χ1) is 19.9. The van der Waals surface area contributed by atoms with E-state index in [9.17, 15) is 9.59 Å². The molecule has 4 rings (SSSR count). The topological polar surface area (TPSA) is 80.3 Å². The highest BCUT2D eigenvalue weighted by molar-refractivity contribution is 5.95. The number of methoxy groups -OCH3 is 2. The standard InChI is InChI=1S/C33H47N3O5.ClH/c1-24(2)36(33(38)26-11-16-30(40-4)31(22-26)41-20-8-19-39-3)29-13-12-27(34-23-29)17-18-35(28-14-15-28)32(37)21-25-9-6-5-7-10-25;/h5-7,9-11,16,22,24,27-29,34H,8,12-15,17-21,23H2,1-4H3;1H/t27-,29-;/m1./s1. The van der Waals surface area contributed by atoms with Crippen LogP contribution in [0.1, 0.15) is 68.3 Å². The molecule has 232 valence electrons. The largest absolute Gasteiger partial charge is 0.493 e. The van der Waals surface area contributed by atoms with Gasteiger partial charge in [0.2, 0.25) is 5.91 Å². The Kier molecular flexibility index (Phi) is 13.4. The summed E-state index contributed by atoms with van der Waals surface area (Å²) in [6, 6.07) is 16.3. The van der Waals surface area contributed by atoms with E-state index < -0.39 is 0 Å². The summed E-state index contributed by atoms with van der Waals surface area (Å²) in [5.74, 6) is 1.41. The fourth-order valence-corrected chi connectivity index (χ4v) is 5.73. The van der Waals surface area contributed by atoms with Gasteiger partial charge < -0.3 is 29.3 Å². The van der Waals surface area contributed by atoms with Crippen LogP contribution in [0, 0.1) is 0 Å². The Hall–Kier alpha value is -2.81. The Morgan fingerprint density at radius 2 is 1.69 bits per heavy atom. The van der Waals surface area contributed by atoms with Gasteiger partial charge >= 0.3 is 0 Å². The van der Waals surface area contributed by atoms with Gasteiger partial charge in [0.25, 0.3) is 5.91 Å². The number of ether oxygens (including phenoxy) is 3. The lowest BCUT2D eigenvalue weighted by Gasteiger charge is -2.40. The molecule has 0 unspecified atom stereocenters. The summed E-state index contributed by atoms with van der Waals surface area (Å²) in [4.78, 5) is 30.9. The molecule has 0 bridgehead atoms. The summed E-state index contributed by atoms with van der Waals surface area (Å²) in [6.45, 7) is 6.76. The average Bonchev–Trinajstić information content (AvgIpc) is 3.82. The number of carbonyl (C=O) groups is 2. The molecule has 42 heavy (non-hydrogen) atoms. The zero-order valence-corrected chi connectivity index (χ0v) is 26.4. The van der Waals surface area contributed by atoms with E-state index in [1.54, 1.807) is 26.4 Å². The lowest BCUT2D eigenvalue weighted by Crippen LogP contribution is -2.54. The van der Waals surface area contributed by atoms with E-state index in [1.807, 2.05) is 41.3 Å². The van der Waals surface area contributed by atoms with Crippen molar-refractivity contribution < 1.29 is 23.8 Å². The number of rotatable bonds is 15. The van der Waals surface area contributed by atoms with Crippen molar-refractivity contribution in [2.45, 2.75) is 83.0 Å². The highest BCUT2D eigenvalue weighted by atomic mass is 35.5. The monoisotopic (exact) mass is 601 g/mol. The minimum atomic E-state index is 0. The third-order valence-electron chi connectivity index (χ3n) is 8.06. The maximum Gasteiger partial charge on any atom is 0.254 e. The molecule has 8 nitrogen and oxygen atoms in total. The zero-order chi connectivity index (χ0) is 29.2. The minimum Gasteiger partial charge on any atom is -0.493 e. The van der Waals surface area contributed by atoms with Gasteiger partial charge in [-0.05, 0) is 69.7 Å². The smallest absolute Gasteiger partial charge is 0.254 e. The Bertz CT molecular complexity index is 1120. The van der Waals surface area contributed by atoms with Crippen molar-refractivity contribution in [3.63, 3.8) is 0 Å². The average molecular weight is 602 g/mol. The van der Waals surface area contributed by atoms with Gasteiger partial charge in [0.05, 0.1) is 20.1 Å². The molecule has 9 heteroatoms. The van der Waals surface area contributed by atoms with Gasteiger partial charge in [-0.1, -0.05) is 30.3 Å². The summed E-state index contributed by atoms with van der Waals surface area (Å²) in [5.41, 5.74) is 1.67. The van der Waals surface area contributed by atoms with Crippen molar-refractivity contribution in [2.75, 3.05) is 40.5 Å². The molecule has 2 amide bonds. The van der Waals surface area contributed by atoms with Crippen molar-refractivity contribution in [2.24, 2.45) is 0 Å². The van der Waals surface area contributed by atoms with E-state index in [0.29, 0.717) is 48.8 Å². The fourth-order valence-electron chi connectivity index (χ4n) is 5.73. The molecule has 1 aliphatic carbocycles. The van der Waals surface area contributed by atoms with Gasteiger partial charge in [0.1, 0.15) is 0 Å². The first-order valence-electron chi connectivity index (χ1n) is 15.1. The number of nitrogens with zero attached hydrogens (tertiary/aromatic N) is 2. The second-order valence-electron chi connectivity index (χ2n) is 11.5. The van der Waals surface area contributed by atoms with E-state index >= 15 is 0 Å². The second kappa shape index (κ2) is 16.7. The fraction of sp³-hybridized carbons (Fsp3) is 0.576. The van der Waals surface area contributed by atoms with Crippen LogP contribution in [0.15, 0.2) is 48.5 Å². The van der Waals surface area contributed by atoms with Crippen LogP contribution in [-0.4, -0.2) is 86.3 Å². The van der Waals surface area contributed by atoms with Crippen molar-refractivity contribution in [1.82, 2.24) is 15.1 Å². The summed E-state index contributed by atoms with van der Waals surface area (Å²) >= 11 is 0. The zero-order valence-electron chi connectivity index (χ0n) is 25.6. The number of piperidine rings is 1. The minimum absolute atomic E-state index is 0. The van der Waals surface area contributed by atoms with Crippen LogP contribution in [0.25, 0.3) is 0 Å². The molecule has 2 fully saturated rings. The summed E-state index contributed by atoms with van der Waals surface area (Å²) < 4.78 is 16.5. The Balaban J connectivity index is 0.00000484. The number of hydrogen-bond donors (Lipinski definition) is 1. The van der Waals surface area contributed by atoms with Crippen molar-refractivity contribution in [3.8, 4) is 11.5 Å². The molecular formula is C33H48ClN3O5. The van der Waals surface area contributed by atoms with Crippen LogP contribution in [0.5, 0.6) is 11.5 Å². The first kappa shape index (κ1) is 33.7. The van der Waals surface area contributed by atoms with Gasteiger partial charge in [-0.3, -0.25) is 9.59 Å². The molecule has 2 atom stereocenters. The van der Waals surface area contributed by atoms with Crippen LogP contribution in [0.3, 0.4) is 0 Å². The lowest BCUT2D eigenvalue weighted by atomic mass is 9.95.